The molecule has 0 saturated heterocycles. The Balaban J connectivity index is 1.88. The zero-order chi connectivity index (χ0) is 25.8. The van der Waals surface area contributed by atoms with Gasteiger partial charge in [0.2, 0.25) is 5.54 Å². The van der Waals surface area contributed by atoms with Crippen molar-refractivity contribution in [3.8, 4) is 0 Å². The SMILES string of the molecule is CC1(C)CC(=O)C2=C(C1)N(Cc1ccc(F)cc1)C(=O)[C@]2(NC(=O)c1ccccc1F)C(F)(F)F. The van der Waals surface area contributed by atoms with Gasteiger partial charge in [-0.15, -0.1) is 0 Å². The molecule has 1 atom stereocenters. The van der Waals surface area contributed by atoms with Crippen molar-refractivity contribution in [1.82, 2.24) is 10.2 Å². The third kappa shape index (κ3) is 4.11. The van der Waals surface area contributed by atoms with Crippen molar-refractivity contribution in [1.29, 1.82) is 0 Å². The predicted octanol–water partition coefficient (Wildman–Crippen LogP) is 4.68. The molecule has 0 radical (unpaired) electrons. The molecule has 0 spiro atoms. The van der Waals surface area contributed by atoms with Gasteiger partial charge in [0, 0.05) is 12.1 Å². The Morgan fingerprint density at radius 2 is 1.63 bits per heavy atom. The molecule has 1 N–H and O–H groups in total. The van der Waals surface area contributed by atoms with E-state index in [-0.39, 0.29) is 25.1 Å². The van der Waals surface area contributed by atoms with E-state index in [2.05, 4.69) is 0 Å². The first-order valence-electron chi connectivity index (χ1n) is 10.7. The normalized spacial score (nSPS) is 21.9. The molecule has 0 fully saturated rings. The number of ketones is 1. The molecule has 1 aliphatic heterocycles. The number of hydrogen-bond acceptors (Lipinski definition) is 3. The number of Topliss-reactive ketones (excluding diaryl/α,β-unsaturated/α-hetero) is 1. The van der Waals surface area contributed by atoms with Crippen molar-refractivity contribution in [3.05, 3.63) is 82.6 Å². The van der Waals surface area contributed by atoms with Gasteiger partial charge in [-0.3, -0.25) is 14.4 Å². The predicted molar refractivity (Wildman–Crippen MR) is 115 cm³/mol. The number of alkyl halides is 3. The van der Waals surface area contributed by atoms with Crippen LogP contribution in [0.2, 0.25) is 0 Å². The van der Waals surface area contributed by atoms with Crippen molar-refractivity contribution in [2.45, 2.75) is 44.9 Å². The highest BCUT2D eigenvalue weighted by Crippen LogP contribution is 2.52. The highest BCUT2D eigenvalue weighted by atomic mass is 19.4. The largest absolute Gasteiger partial charge is 0.425 e. The van der Waals surface area contributed by atoms with Crippen LogP contribution in [0.4, 0.5) is 22.0 Å². The second-order valence-corrected chi connectivity index (χ2v) is 9.46. The molecule has 2 aromatic carbocycles. The van der Waals surface area contributed by atoms with E-state index in [0.717, 1.165) is 29.2 Å². The molecule has 0 aromatic heterocycles. The van der Waals surface area contributed by atoms with Crippen LogP contribution in [0.25, 0.3) is 0 Å². The molecule has 4 rings (SSSR count). The van der Waals surface area contributed by atoms with E-state index in [9.17, 15) is 36.3 Å². The smallest absolute Gasteiger partial charge is 0.326 e. The third-order valence-electron chi connectivity index (χ3n) is 6.22. The van der Waals surface area contributed by atoms with Gasteiger partial charge in [0.15, 0.2) is 5.78 Å². The van der Waals surface area contributed by atoms with Gasteiger partial charge in [-0.05, 0) is 41.7 Å². The summed E-state index contributed by atoms with van der Waals surface area (Å²) in [5, 5.41) is 1.69. The standard InChI is InChI=1S/C25H21F5N2O3/c1-23(2)11-18-20(19(33)12-23)24(25(28,29)30,31-21(34)16-5-3-4-6-17(16)27)22(35)32(18)13-14-7-9-15(26)10-8-14/h3-10H,11-13H2,1-2H3,(H,31,34)/t24-/m0/s1. The van der Waals surface area contributed by atoms with Crippen molar-refractivity contribution >= 4 is 17.6 Å². The molecular formula is C25H21F5N2O3. The van der Waals surface area contributed by atoms with Crippen molar-refractivity contribution < 1.29 is 36.3 Å². The number of allylic oxidation sites excluding steroid dienone is 1. The monoisotopic (exact) mass is 492 g/mol. The average molecular weight is 492 g/mol. The molecule has 2 aliphatic rings. The quantitative estimate of drug-likeness (QED) is 0.631. The topological polar surface area (TPSA) is 66.5 Å². The van der Waals surface area contributed by atoms with Gasteiger partial charge in [-0.25, -0.2) is 8.78 Å². The van der Waals surface area contributed by atoms with Crippen LogP contribution in [-0.4, -0.2) is 34.2 Å². The number of amides is 2. The van der Waals surface area contributed by atoms with Crippen LogP contribution in [-0.2, 0) is 16.1 Å². The molecule has 1 heterocycles. The van der Waals surface area contributed by atoms with Crippen LogP contribution in [0, 0.1) is 17.0 Å². The first kappa shape index (κ1) is 24.6. The van der Waals surface area contributed by atoms with E-state index in [4.69, 9.17) is 0 Å². The summed E-state index contributed by atoms with van der Waals surface area (Å²) in [6.45, 7) is 2.98. The Morgan fingerprint density at radius 1 is 1.00 bits per heavy atom. The molecule has 2 aromatic rings. The second kappa shape index (κ2) is 8.28. The average Bonchev–Trinajstić information content (AvgIpc) is 2.97. The van der Waals surface area contributed by atoms with Gasteiger partial charge in [-0.2, -0.15) is 13.2 Å². The minimum absolute atomic E-state index is 0.0472. The number of halogens is 5. The summed E-state index contributed by atoms with van der Waals surface area (Å²) >= 11 is 0. The lowest BCUT2D eigenvalue weighted by Gasteiger charge is -2.35. The summed E-state index contributed by atoms with van der Waals surface area (Å²) in [7, 11) is 0. The zero-order valence-electron chi connectivity index (χ0n) is 18.8. The van der Waals surface area contributed by atoms with E-state index in [0.29, 0.717) is 5.56 Å². The van der Waals surface area contributed by atoms with Crippen LogP contribution in [0.1, 0.15) is 42.6 Å². The minimum atomic E-state index is -5.42. The number of hydrogen-bond donors (Lipinski definition) is 1. The van der Waals surface area contributed by atoms with Gasteiger partial charge in [-0.1, -0.05) is 38.1 Å². The molecule has 0 unspecified atom stereocenters. The number of carbonyl (C=O) groups excluding carboxylic acids is 3. The molecule has 1 aliphatic carbocycles. The van der Waals surface area contributed by atoms with Gasteiger partial charge < -0.3 is 10.2 Å². The molecule has 35 heavy (non-hydrogen) atoms. The van der Waals surface area contributed by atoms with Gasteiger partial charge in [0.25, 0.3) is 11.8 Å². The summed E-state index contributed by atoms with van der Waals surface area (Å²) in [6.07, 6.45) is -5.74. The Kier molecular flexibility index (Phi) is 5.81. The fraction of sp³-hybridized carbons (Fsp3) is 0.320. The summed E-state index contributed by atoms with van der Waals surface area (Å²) in [5.74, 6) is -5.65. The molecule has 0 saturated carbocycles. The van der Waals surface area contributed by atoms with E-state index in [1.165, 1.54) is 24.3 Å². The first-order valence-corrected chi connectivity index (χ1v) is 10.7. The fourth-order valence-electron chi connectivity index (χ4n) is 4.65. The lowest BCUT2D eigenvalue weighted by molar-refractivity contribution is -0.190. The van der Waals surface area contributed by atoms with E-state index < -0.39 is 57.5 Å². The lowest BCUT2D eigenvalue weighted by Crippen LogP contribution is -2.66. The van der Waals surface area contributed by atoms with E-state index >= 15 is 0 Å². The number of nitrogens with one attached hydrogen (secondary N) is 1. The zero-order valence-corrected chi connectivity index (χ0v) is 18.8. The molecule has 10 heteroatoms. The van der Waals surface area contributed by atoms with Crippen LogP contribution in [0.5, 0.6) is 0 Å². The Bertz CT molecular complexity index is 1250. The maximum absolute atomic E-state index is 14.8. The molecule has 184 valence electrons. The number of benzene rings is 2. The summed E-state index contributed by atoms with van der Waals surface area (Å²) in [6, 6.07) is 9.19. The van der Waals surface area contributed by atoms with Gasteiger partial charge in [0.05, 0.1) is 17.7 Å². The van der Waals surface area contributed by atoms with E-state index in [1.54, 1.807) is 19.2 Å². The maximum atomic E-state index is 14.8. The van der Waals surface area contributed by atoms with Crippen molar-refractivity contribution in [2.24, 2.45) is 5.41 Å². The molecule has 5 nitrogen and oxygen atoms in total. The number of nitrogens with zero attached hydrogens (tertiary/aromatic N) is 1. The summed E-state index contributed by atoms with van der Waals surface area (Å²) < 4.78 is 71.8. The molecule has 2 amide bonds. The minimum Gasteiger partial charge on any atom is -0.326 e. The van der Waals surface area contributed by atoms with Gasteiger partial charge in [0.1, 0.15) is 11.6 Å². The number of carbonyl (C=O) groups is 3. The molecule has 0 bridgehead atoms. The van der Waals surface area contributed by atoms with Crippen LogP contribution in [0.3, 0.4) is 0 Å². The fourth-order valence-corrected chi connectivity index (χ4v) is 4.65. The van der Waals surface area contributed by atoms with Crippen molar-refractivity contribution in [3.63, 3.8) is 0 Å². The summed E-state index contributed by atoms with van der Waals surface area (Å²) in [5.41, 5.74) is -5.84. The Labute approximate surface area is 197 Å². The van der Waals surface area contributed by atoms with Crippen LogP contribution < -0.4 is 5.32 Å². The summed E-state index contributed by atoms with van der Waals surface area (Å²) in [4.78, 5) is 40.3. The van der Waals surface area contributed by atoms with Crippen molar-refractivity contribution in [2.75, 3.05) is 0 Å². The van der Waals surface area contributed by atoms with Gasteiger partial charge >= 0.3 is 6.18 Å². The van der Waals surface area contributed by atoms with Crippen LogP contribution in [0.15, 0.2) is 59.8 Å². The Hall–Kier alpha value is -3.56. The highest BCUT2D eigenvalue weighted by Gasteiger charge is 2.71. The Morgan fingerprint density at radius 3 is 2.23 bits per heavy atom. The molecular weight excluding hydrogens is 471 g/mol. The van der Waals surface area contributed by atoms with E-state index in [1.807, 2.05) is 0 Å². The number of rotatable bonds is 4. The lowest BCUT2D eigenvalue weighted by atomic mass is 9.72. The maximum Gasteiger partial charge on any atom is 0.425 e. The third-order valence-corrected chi connectivity index (χ3v) is 6.22. The second-order valence-electron chi connectivity index (χ2n) is 9.46. The van der Waals surface area contributed by atoms with Crippen LogP contribution >= 0.6 is 0 Å². The highest BCUT2D eigenvalue weighted by molar-refractivity contribution is 6.14. The first-order chi connectivity index (χ1) is 16.3.